The number of hydrogen-bond acceptors (Lipinski definition) is 5. The largest absolute Gasteiger partial charge is 0.508 e. The molecule has 0 bridgehead atoms. The van der Waals surface area contributed by atoms with Crippen molar-refractivity contribution in [3.8, 4) is 11.5 Å². The van der Waals surface area contributed by atoms with Gasteiger partial charge in [-0.05, 0) is 31.9 Å². The number of benzene rings is 1. The molecule has 104 valence electrons. The first-order valence-electron chi connectivity index (χ1n) is 6.25. The van der Waals surface area contributed by atoms with Crippen LogP contribution in [0.5, 0.6) is 11.5 Å². The highest BCUT2D eigenvalue weighted by Crippen LogP contribution is 2.24. The van der Waals surface area contributed by atoms with Crippen molar-refractivity contribution in [3.63, 3.8) is 0 Å². The maximum atomic E-state index is 11.8. The second kappa shape index (κ2) is 7.41. The Morgan fingerprint density at radius 2 is 1.84 bits per heavy atom. The van der Waals surface area contributed by atoms with Crippen LogP contribution >= 0.6 is 0 Å². The van der Waals surface area contributed by atoms with Crippen LogP contribution in [0.1, 0.15) is 43.0 Å². The van der Waals surface area contributed by atoms with Crippen molar-refractivity contribution >= 4 is 11.8 Å². The molecule has 0 aliphatic carbocycles. The molecular formula is C14H18O5. The van der Waals surface area contributed by atoms with Gasteiger partial charge in [0, 0.05) is 18.9 Å². The lowest BCUT2D eigenvalue weighted by Crippen LogP contribution is -2.04. The Morgan fingerprint density at radius 1 is 1.16 bits per heavy atom. The number of esters is 1. The van der Waals surface area contributed by atoms with Gasteiger partial charge in [0.15, 0.2) is 5.78 Å². The van der Waals surface area contributed by atoms with Crippen LogP contribution in [0.2, 0.25) is 0 Å². The van der Waals surface area contributed by atoms with Gasteiger partial charge < -0.3 is 14.9 Å². The van der Waals surface area contributed by atoms with Crippen molar-refractivity contribution in [2.24, 2.45) is 0 Å². The monoisotopic (exact) mass is 266 g/mol. The predicted octanol–water partition coefficient (Wildman–Crippen LogP) is 2.40. The van der Waals surface area contributed by atoms with E-state index in [-0.39, 0.29) is 35.2 Å². The zero-order valence-corrected chi connectivity index (χ0v) is 10.9. The number of ether oxygens (including phenoxy) is 1. The number of carbonyl (C=O) groups excluding carboxylic acids is 2. The summed E-state index contributed by atoms with van der Waals surface area (Å²) in [5, 5.41) is 18.6. The summed E-state index contributed by atoms with van der Waals surface area (Å²) in [5.74, 6) is -0.782. The number of rotatable bonds is 7. The summed E-state index contributed by atoms with van der Waals surface area (Å²) in [4.78, 5) is 22.9. The molecule has 0 aliphatic rings. The molecule has 0 amide bonds. The molecule has 0 saturated carbocycles. The number of phenolic OH excluding ortho intramolecular Hbond substituents is 2. The molecule has 0 spiro atoms. The highest BCUT2D eigenvalue weighted by atomic mass is 16.5. The summed E-state index contributed by atoms with van der Waals surface area (Å²) in [6, 6.07) is 3.87. The zero-order valence-electron chi connectivity index (χ0n) is 10.9. The van der Waals surface area contributed by atoms with Crippen molar-refractivity contribution in [3.05, 3.63) is 23.8 Å². The van der Waals surface area contributed by atoms with Gasteiger partial charge in [-0.1, -0.05) is 0 Å². The summed E-state index contributed by atoms with van der Waals surface area (Å²) in [6.45, 7) is 2.11. The van der Waals surface area contributed by atoms with Crippen molar-refractivity contribution in [1.29, 1.82) is 0 Å². The summed E-state index contributed by atoms with van der Waals surface area (Å²) in [5.41, 5.74) is 0.189. The molecule has 5 heteroatoms. The van der Waals surface area contributed by atoms with Gasteiger partial charge >= 0.3 is 5.97 Å². The molecular weight excluding hydrogens is 248 g/mol. The second-order valence-electron chi connectivity index (χ2n) is 4.14. The first-order valence-corrected chi connectivity index (χ1v) is 6.25. The lowest BCUT2D eigenvalue weighted by Gasteiger charge is -2.04. The van der Waals surface area contributed by atoms with E-state index in [1.165, 1.54) is 12.1 Å². The predicted molar refractivity (Wildman–Crippen MR) is 69.2 cm³/mol. The minimum atomic E-state index is -0.262. The minimum absolute atomic E-state index is 0.0867. The van der Waals surface area contributed by atoms with Gasteiger partial charge in [0.2, 0.25) is 0 Å². The molecule has 2 N–H and O–H groups in total. The maximum Gasteiger partial charge on any atom is 0.305 e. The Hall–Kier alpha value is -2.04. The highest BCUT2D eigenvalue weighted by Gasteiger charge is 2.11. The van der Waals surface area contributed by atoms with E-state index < -0.39 is 0 Å². The Bertz CT molecular complexity index is 453. The summed E-state index contributed by atoms with van der Waals surface area (Å²) in [7, 11) is 0. The third-order valence-corrected chi connectivity index (χ3v) is 2.62. The number of hydrogen-bond donors (Lipinski definition) is 2. The first kappa shape index (κ1) is 15.0. The first-order chi connectivity index (χ1) is 9.04. The van der Waals surface area contributed by atoms with Gasteiger partial charge in [-0.25, -0.2) is 0 Å². The van der Waals surface area contributed by atoms with Crippen LogP contribution in [0.15, 0.2) is 18.2 Å². The molecule has 0 fully saturated rings. The highest BCUT2D eigenvalue weighted by molar-refractivity contribution is 5.98. The van der Waals surface area contributed by atoms with Crippen LogP contribution in [-0.4, -0.2) is 28.6 Å². The number of phenols is 2. The molecule has 0 heterocycles. The second-order valence-corrected chi connectivity index (χ2v) is 4.14. The van der Waals surface area contributed by atoms with E-state index in [9.17, 15) is 14.7 Å². The molecule has 1 rings (SSSR count). The van der Waals surface area contributed by atoms with Crippen molar-refractivity contribution in [2.75, 3.05) is 6.61 Å². The molecule has 0 atom stereocenters. The zero-order chi connectivity index (χ0) is 14.3. The average molecular weight is 266 g/mol. The standard InChI is InChI=1S/C14H18O5/c1-2-19-14(18)6-4-3-5-12(16)11-8-7-10(15)9-13(11)17/h7-9,15,17H,2-6H2,1H3. The molecule has 0 saturated heterocycles. The molecule has 0 unspecified atom stereocenters. The topological polar surface area (TPSA) is 83.8 Å². The normalized spacial score (nSPS) is 10.2. The number of unbranched alkanes of at least 4 members (excludes halogenated alkanes) is 1. The van der Waals surface area contributed by atoms with Gasteiger partial charge in [-0.2, -0.15) is 0 Å². The van der Waals surface area contributed by atoms with Crippen molar-refractivity contribution in [2.45, 2.75) is 32.6 Å². The summed E-state index contributed by atoms with van der Waals surface area (Å²) < 4.78 is 4.77. The SMILES string of the molecule is CCOC(=O)CCCCC(=O)c1ccc(O)cc1O. The maximum absolute atomic E-state index is 11.8. The number of Topliss-reactive ketones (excluding diaryl/α,β-unsaturated/α-hetero) is 1. The van der Waals surface area contributed by atoms with Crippen molar-refractivity contribution in [1.82, 2.24) is 0 Å². The van der Waals surface area contributed by atoms with Gasteiger partial charge in [-0.15, -0.1) is 0 Å². The fraction of sp³-hybridized carbons (Fsp3) is 0.429. The van der Waals surface area contributed by atoms with E-state index in [0.717, 1.165) is 6.07 Å². The van der Waals surface area contributed by atoms with Crippen LogP contribution in [-0.2, 0) is 9.53 Å². The molecule has 0 radical (unpaired) electrons. The summed E-state index contributed by atoms with van der Waals surface area (Å²) >= 11 is 0. The number of carbonyl (C=O) groups is 2. The molecule has 0 aromatic heterocycles. The molecule has 1 aromatic carbocycles. The van der Waals surface area contributed by atoms with E-state index in [2.05, 4.69) is 0 Å². The lowest BCUT2D eigenvalue weighted by molar-refractivity contribution is -0.143. The van der Waals surface area contributed by atoms with Crippen LogP contribution in [0, 0.1) is 0 Å². The van der Waals surface area contributed by atoms with E-state index in [1.807, 2.05) is 0 Å². The van der Waals surface area contributed by atoms with E-state index in [4.69, 9.17) is 9.84 Å². The van der Waals surface area contributed by atoms with Gasteiger partial charge in [0.05, 0.1) is 12.2 Å². The third kappa shape index (κ3) is 4.99. The molecule has 1 aromatic rings. The van der Waals surface area contributed by atoms with E-state index in [1.54, 1.807) is 6.92 Å². The molecule has 5 nitrogen and oxygen atoms in total. The quantitative estimate of drug-likeness (QED) is 0.450. The fourth-order valence-corrected chi connectivity index (χ4v) is 1.68. The molecule has 19 heavy (non-hydrogen) atoms. The Morgan fingerprint density at radius 3 is 2.47 bits per heavy atom. The van der Waals surface area contributed by atoms with Crippen LogP contribution in [0.4, 0.5) is 0 Å². The smallest absolute Gasteiger partial charge is 0.305 e. The summed E-state index contributed by atoms with van der Waals surface area (Å²) in [6.07, 6.45) is 1.67. The van der Waals surface area contributed by atoms with Gasteiger partial charge in [0.25, 0.3) is 0 Å². The van der Waals surface area contributed by atoms with Crippen molar-refractivity contribution < 1.29 is 24.5 Å². The van der Waals surface area contributed by atoms with Crippen LogP contribution in [0.3, 0.4) is 0 Å². The van der Waals surface area contributed by atoms with Crippen LogP contribution in [0.25, 0.3) is 0 Å². The number of aromatic hydroxyl groups is 2. The van der Waals surface area contributed by atoms with E-state index >= 15 is 0 Å². The minimum Gasteiger partial charge on any atom is -0.508 e. The van der Waals surface area contributed by atoms with E-state index in [0.29, 0.717) is 25.9 Å². The number of ketones is 1. The lowest BCUT2D eigenvalue weighted by atomic mass is 10.0. The Labute approximate surface area is 111 Å². The van der Waals surface area contributed by atoms with Gasteiger partial charge in [-0.3, -0.25) is 9.59 Å². The third-order valence-electron chi connectivity index (χ3n) is 2.62. The average Bonchev–Trinajstić information content (AvgIpc) is 2.34. The molecule has 0 aliphatic heterocycles. The Balaban J connectivity index is 2.37. The van der Waals surface area contributed by atoms with Gasteiger partial charge in [0.1, 0.15) is 11.5 Å². The Kier molecular flexibility index (Phi) is 5.85. The van der Waals surface area contributed by atoms with Crippen LogP contribution < -0.4 is 0 Å². The fourth-order valence-electron chi connectivity index (χ4n) is 1.68.